The number of ether oxygens (including phenoxy) is 2. The molecule has 210 valence electrons. The molecule has 4 aromatic carbocycles. The zero-order chi connectivity index (χ0) is 29.9. The molecule has 0 bridgehead atoms. The number of para-hydroxylation sites is 2. The van der Waals surface area contributed by atoms with Gasteiger partial charge >= 0.3 is 11.9 Å². The summed E-state index contributed by atoms with van der Waals surface area (Å²) in [6, 6.07) is 26.5. The summed E-state index contributed by atoms with van der Waals surface area (Å²) < 4.78 is 11.8. The van der Waals surface area contributed by atoms with Crippen molar-refractivity contribution in [2.24, 2.45) is 5.10 Å². The summed E-state index contributed by atoms with van der Waals surface area (Å²) in [5.41, 5.74) is 4.66. The number of hydrogen-bond donors (Lipinski definition) is 2. The van der Waals surface area contributed by atoms with E-state index in [1.54, 1.807) is 97.1 Å². The lowest BCUT2D eigenvalue weighted by Crippen LogP contribution is -2.17. The molecule has 4 aromatic rings. The molecule has 0 unspecified atom stereocenters. The molecule has 10 heteroatoms. The largest absolute Gasteiger partial charge is 0.423 e. The van der Waals surface area contributed by atoms with Crippen LogP contribution in [0.15, 0.2) is 113 Å². The molecule has 0 spiro atoms. The van der Waals surface area contributed by atoms with Gasteiger partial charge in [0.15, 0.2) is 0 Å². The number of benzene rings is 4. The molecule has 2 amide bonds. The van der Waals surface area contributed by atoms with Crippen LogP contribution in [0, 0.1) is 0 Å². The number of carbonyl (C=O) groups excluding carboxylic acids is 4. The van der Waals surface area contributed by atoms with E-state index in [4.69, 9.17) is 9.47 Å². The van der Waals surface area contributed by atoms with Crippen molar-refractivity contribution in [3.63, 3.8) is 0 Å². The highest BCUT2D eigenvalue weighted by molar-refractivity contribution is 9.10. The van der Waals surface area contributed by atoms with Gasteiger partial charge in [-0.2, -0.15) is 5.10 Å². The Balaban J connectivity index is 1.37. The summed E-state index contributed by atoms with van der Waals surface area (Å²) in [7, 11) is 0. The molecule has 9 nitrogen and oxygen atoms in total. The van der Waals surface area contributed by atoms with E-state index in [2.05, 4.69) is 31.8 Å². The van der Waals surface area contributed by atoms with Crippen molar-refractivity contribution < 1.29 is 28.7 Å². The first-order chi connectivity index (χ1) is 20.3. The summed E-state index contributed by atoms with van der Waals surface area (Å²) in [4.78, 5) is 48.7. The van der Waals surface area contributed by atoms with Gasteiger partial charge in [0.1, 0.15) is 11.5 Å². The van der Waals surface area contributed by atoms with Gasteiger partial charge in [0, 0.05) is 39.9 Å². The van der Waals surface area contributed by atoms with E-state index in [9.17, 15) is 19.2 Å². The van der Waals surface area contributed by atoms with E-state index in [1.165, 1.54) is 25.3 Å². The van der Waals surface area contributed by atoms with Crippen LogP contribution >= 0.6 is 15.9 Å². The first kappa shape index (κ1) is 29.6. The van der Waals surface area contributed by atoms with E-state index in [0.717, 1.165) is 4.47 Å². The van der Waals surface area contributed by atoms with Crippen molar-refractivity contribution >= 4 is 57.7 Å². The predicted molar refractivity (Wildman–Crippen MR) is 162 cm³/mol. The quantitative estimate of drug-likeness (QED) is 0.0772. The number of hydrazone groups is 1. The highest BCUT2D eigenvalue weighted by Gasteiger charge is 2.12. The fourth-order valence-corrected chi connectivity index (χ4v) is 3.83. The van der Waals surface area contributed by atoms with E-state index in [0.29, 0.717) is 27.9 Å². The Kier molecular flexibility index (Phi) is 10.1. The average Bonchev–Trinajstić information content (AvgIpc) is 2.98. The number of amides is 2. The Morgan fingerprint density at radius 1 is 0.738 bits per heavy atom. The second kappa shape index (κ2) is 14.3. The van der Waals surface area contributed by atoms with Crippen LogP contribution in [0.25, 0.3) is 6.08 Å². The molecule has 0 saturated heterocycles. The van der Waals surface area contributed by atoms with Gasteiger partial charge in [-0.05, 0) is 72.8 Å². The Hall–Kier alpha value is -5.35. The fraction of sp³-hybridized carbons (Fsp3) is 0.0312. The standard InChI is InChI=1S/C32H24BrN3O6/c1-21(37)35-27-17-12-23(13-18-27)31(39)36-34-20-25-7-3-5-9-29(25)41-30(38)19-14-22-6-2-4-8-28(22)42-32(40)24-10-15-26(33)16-11-24/h2-20H,1H3,(H,35,37)(H,36,39)/b19-14+,34-20+. The van der Waals surface area contributed by atoms with Gasteiger partial charge in [-0.3, -0.25) is 9.59 Å². The van der Waals surface area contributed by atoms with Crippen molar-refractivity contribution in [1.82, 2.24) is 5.43 Å². The van der Waals surface area contributed by atoms with Crippen molar-refractivity contribution in [1.29, 1.82) is 0 Å². The Bertz CT molecular complexity index is 1660. The highest BCUT2D eigenvalue weighted by Crippen LogP contribution is 2.22. The van der Waals surface area contributed by atoms with Crippen molar-refractivity contribution in [2.75, 3.05) is 5.32 Å². The highest BCUT2D eigenvalue weighted by atomic mass is 79.9. The molecule has 0 aromatic heterocycles. The minimum Gasteiger partial charge on any atom is -0.423 e. The molecular formula is C32H24BrN3O6. The van der Waals surface area contributed by atoms with Crippen LogP contribution in [0.5, 0.6) is 11.5 Å². The van der Waals surface area contributed by atoms with Crippen LogP contribution in [0.3, 0.4) is 0 Å². The van der Waals surface area contributed by atoms with Crippen molar-refractivity contribution in [3.05, 3.63) is 130 Å². The monoisotopic (exact) mass is 625 g/mol. The van der Waals surface area contributed by atoms with Gasteiger partial charge in [-0.15, -0.1) is 0 Å². The van der Waals surface area contributed by atoms with Crippen LogP contribution in [-0.2, 0) is 9.59 Å². The first-order valence-electron chi connectivity index (χ1n) is 12.6. The molecule has 0 aliphatic carbocycles. The molecule has 4 rings (SSSR count). The molecular weight excluding hydrogens is 602 g/mol. The lowest BCUT2D eigenvalue weighted by molar-refractivity contribution is -0.128. The number of hydrogen-bond acceptors (Lipinski definition) is 7. The Morgan fingerprint density at radius 2 is 1.33 bits per heavy atom. The molecule has 0 saturated carbocycles. The maximum absolute atomic E-state index is 12.6. The van der Waals surface area contributed by atoms with Gasteiger partial charge in [0.2, 0.25) is 5.91 Å². The van der Waals surface area contributed by atoms with Crippen LogP contribution in [0.4, 0.5) is 5.69 Å². The van der Waals surface area contributed by atoms with E-state index < -0.39 is 17.8 Å². The smallest absolute Gasteiger partial charge is 0.343 e. The summed E-state index contributed by atoms with van der Waals surface area (Å²) in [6.45, 7) is 1.39. The van der Waals surface area contributed by atoms with Crippen molar-refractivity contribution in [2.45, 2.75) is 6.92 Å². The number of nitrogens with one attached hydrogen (secondary N) is 2. The minimum atomic E-state index is -0.673. The van der Waals surface area contributed by atoms with Gasteiger partial charge in [0.05, 0.1) is 11.8 Å². The maximum atomic E-state index is 12.6. The number of nitrogens with zero attached hydrogens (tertiary/aromatic N) is 1. The number of halogens is 1. The predicted octanol–water partition coefficient (Wildman–Crippen LogP) is 6.01. The average molecular weight is 626 g/mol. The zero-order valence-corrected chi connectivity index (χ0v) is 23.8. The minimum absolute atomic E-state index is 0.213. The third-order valence-corrected chi connectivity index (χ3v) is 6.10. The molecule has 2 N–H and O–H groups in total. The van der Waals surface area contributed by atoms with Crippen molar-refractivity contribution in [3.8, 4) is 11.5 Å². The second-order valence-corrected chi connectivity index (χ2v) is 9.60. The van der Waals surface area contributed by atoms with Gasteiger partial charge < -0.3 is 14.8 Å². The number of esters is 2. The Labute approximate surface area is 250 Å². The lowest BCUT2D eigenvalue weighted by Gasteiger charge is -2.08. The number of anilines is 1. The van der Waals surface area contributed by atoms with Crippen LogP contribution in [0.2, 0.25) is 0 Å². The number of rotatable bonds is 9. The topological polar surface area (TPSA) is 123 Å². The summed E-state index contributed by atoms with van der Waals surface area (Å²) in [5, 5.41) is 6.59. The van der Waals surface area contributed by atoms with Gasteiger partial charge in [-0.1, -0.05) is 46.3 Å². The number of carbonyl (C=O) groups is 4. The molecule has 0 heterocycles. The van der Waals surface area contributed by atoms with Crippen LogP contribution in [-0.4, -0.2) is 30.0 Å². The molecule has 0 fully saturated rings. The third kappa shape index (κ3) is 8.57. The summed E-state index contributed by atoms with van der Waals surface area (Å²) in [6.07, 6.45) is 4.06. The summed E-state index contributed by atoms with van der Waals surface area (Å²) in [5.74, 6) is -1.38. The summed E-state index contributed by atoms with van der Waals surface area (Å²) >= 11 is 3.33. The van der Waals surface area contributed by atoms with E-state index in [1.807, 2.05) is 0 Å². The lowest BCUT2D eigenvalue weighted by atomic mass is 10.2. The van der Waals surface area contributed by atoms with Crippen LogP contribution < -0.4 is 20.2 Å². The SMILES string of the molecule is CC(=O)Nc1ccc(C(=O)N/N=C/c2ccccc2OC(=O)/C=C/c2ccccc2OC(=O)c2ccc(Br)cc2)cc1. The zero-order valence-electron chi connectivity index (χ0n) is 22.2. The second-order valence-electron chi connectivity index (χ2n) is 8.68. The maximum Gasteiger partial charge on any atom is 0.343 e. The molecule has 0 aliphatic heterocycles. The molecule has 0 aliphatic rings. The molecule has 0 radical (unpaired) electrons. The van der Waals surface area contributed by atoms with Gasteiger partial charge in [-0.25, -0.2) is 15.0 Å². The van der Waals surface area contributed by atoms with Gasteiger partial charge in [0.25, 0.3) is 5.91 Å². The van der Waals surface area contributed by atoms with Crippen LogP contribution in [0.1, 0.15) is 38.8 Å². The third-order valence-electron chi connectivity index (χ3n) is 5.57. The molecule has 0 atom stereocenters. The van der Waals surface area contributed by atoms with E-state index >= 15 is 0 Å². The normalized spacial score (nSPS) is 10.8. The fourth-order valence-electron chi connectivity index (χ4n) is 3.57. The molecule has 42 heavy (non-hydrogen) atoms. The Morgan fingerprint density at radius 3 is 2.00 bits per heavy atom. The first-order valence-corrected chi connectivity index (χ1v) is 13.3. The van der Waals surface area contributed by atoms with E-state index in [-0.39, 0.29) is 17.4 Å².